The lowest BCUT2D eigenvalue weighted by Gasteiger charge is -2.13. The van der Waals surface area contributed by atoms with E-state index in [-0.39, 0.29) is 31.1 Å². The molecule has 0 aliphatic rings. The molecule has 10 heteroatoms. The third kappa shape index (κ3) is 8.09. The van der Waals surface area contributed by atoms with E-state index in [1.165, 1.54) is 7.11 Å². The maximum atomic E-state index is 12.4. The molecule has 0 aromatic heterocycles. The SMILES string of the molecule is COC(=O)[C@H](CC(=O)CN=[N+]=[N-])CS(=O)Cc1cccc(OCCF)c1. The predicted octanol–water partition coefficient (Wildman–Crippen LogP) is 2.34. The average molecular weight is 385 g/mol. The molecule has 26 heavy (non-hydrogen) atoms. The third-order valence-corrected chi connectivity index (χ3v) is 4.71. The quantitative estimate of drug-likeness (QED) is 0.237. The lowest BCUT2D eigenvalue weighted by atomic mass is 10.1. The number of azide groups is 1. The second-order valence-electron chi connectivity index (χ2n) is 5.29. The van der Waals surface area contributed by atoms with Gasteiger partial charge in [-0.3, -0.25) is 13.8 Å². The van der Waals surface area contributed by atoms with Gasteiger partial charge in [0.1, 0.15) is 24.8 Å². The summed E-state index contributed by atoms with van der Waals surface area (Å²) >= 11 is 0. The lowest BCUT2D eigenvalue weighted by Crippen LogP contribution is -2.26. The first-order valence-corrected chi connectivity index (χ1v) is 9.22. The van der Waals surface area contributed by atoms with E-state index in [0.29, 0.717) is 11.3 Å². The van der Waals surface area contributed by atoms with E-state index in [9.17, 15) is 18.2 Å². The van der Waals surface area contributed by atoms with Crippen LogP contribution in [0.3, 0.4) is 0 Å². The molecule has 0 amide bonds. The van der Waals surface area contributed by atoms with Crippen molar-refractivity contribution in [2.45, 2.75) is 12.2 Å². The van der Waals surface area contributed by atoms with E-state index in [2.05, 4.69) is 14.8 Å². The van der Waals surface area contributed by atoms with Gasteiger partial charge in [0.2, 0.25) is 0 Å². The molecule has 0 aliphatic carbocycles. The van der Waals surface area contributed by atoms with Gasteiger partial charge in [-0.1, -0.05) is 17.2 Å². The first kappa shape index (κ1) is 21.6. The van der Waals surface area contributed by atoms with Crippen LogP contribution in [0.25, 0.3) is 10.4 Å². The highest BCUT2D eigenvalue weighted by atomic mass is 32.2. The number of hydrogen-bond donors (Lipinski definition) is 0. The van der Waals surface area contributed by atoms with Crippen LogP contribution >= 0.6 is 0 Å². The van der Waals surface area contributed by atoms with Crippen LogP contribution in [0.4, 0.5) is 4.39 Å². The molecule has 1 unspecified atom stereocenters. The van der Waals surface area contributed by atoms with E-state index < -0.39 is 35.1 Å². The van der Waals surface area contributed by atoms with Crippen molar-refractivity contribution >= 4 is 22.6 Å². The van der Waals surface area contributed by atoms with Gasteiger partial charge >= 0.3 is 5.97 Å². The summed E-state index contributed by atoms with van der Waals surface area (Å²) in [6, 6.07) is 6.74. The Balaban J connectivity index is 2.69. The van der Waals surface area contributed by atoms with Gasteiger partial charge in [0.05, 0.1) is 19.6 Å². The summed E-state index contributed by atoms with van der Waals surface area (Å²) in [5.41, 5.74) is 8.92. The molecule has 1 aromatic rings. The van der Waals surface area contributed by atoms with Gasteiger partial charge in [0, 0.05) is 33.6 Å². The molecule has 0 N–H and O–H groups in total. The van der Waals surface area contributed by atoms with Gasteiger partial charge in [-0.15, -0.1) is 0 Å². The molecule has 1 rings (SSSR count). The summed E-state index contributed by atoms with van der Waals surface area (Å²) in [5, 5.41) is 3.15. The van der Waals surface area contributed by atoms with E-state index in [1.807, 2.05) is 0 Å². The van der Waals surface area contributed by atoms with Crippen LogP contribution in [-0.2, 0) is 30.9 Å². The molecule has 2 atom stereocenters. The van der Waals surface area contributed by atoms with Crippen molar-refractivity contribution in [1.29, 1.82) is 0 Å². The minimum atomic E-state index is -1.45. The van der Waals surface area contributed by atoms with Crippen LogP contribution in [0, 0.1) is 5.92 Å². The Labute approximate surface area is 152 Å². The smallest absolute Gasteiger partial charge is 0.310 e. The number of benzene rings is 1. The fourth-order valence-corrected chi connectivity index (χ4v) is 3.55. The Morgan fingerprint density at radius 1 is 1.42 bits per heavy atom. The number of carbonyl (C=O) groups excluding carboxylic acids is 2. The topological polar surface area (TPSA) is 118 Å². The molecule has 0 saturated carbocycles. The summed E-state index contributed by atoms with van der Waals surface area (Å²) in [4.78, 5) is 26.0. The molecule has 0 heterocycles. The summed E-state index contributed by atoms with van der Waals surface area (Å²) in [5.74, 6) is -1.42. The molecule has 0 bridgehead atoms. The highest BCUT2D eigenvalue weighted by Crippen LogP contribution is 2.17. The molecule has 0 fully saturated rings. The third-order valence-electron chi connectivity index (χ3n) is 3.28. The summed E-state index contributed by atoms with van der Waals surface area (Å²) in [7, 11) is -0.263. The Hall–Kier alpha value is -2.45. The van der Waals surface area contributed by atoms with Crippen molar-refractivity contribution in [2.75, 3.05) is 32.7 Å². The summed E-state index contributed by atoms with van der Waals surface area (Å²) in [6.07, 6.45) is -0.211. The fourth-order valence-electron chi connectivity index (χ4n) is 2.18. The molecule has 142 valence electrons. The van der Waals surface area contributed by atoms with Crippen LogP contribution in [0.5, 0.6) is 5.75 Å². The van der Waals surface area contributed by atoms with Crippen LogP contribution in [-0.4, -0.2) is 48.7 Å². The normalized spacial score (nSPS) is 12.5. The first-order valence-electron chi connectivity index (χ1n) is 7.73. The molecule has 8 nitrogen and oxygen atoms in total. The number of esters is 1. The molecular weight excluding hydrogens is 365 g/mol. The van der Waals surface area contributed by atoms with Crippen molar-refractivity contribution in [3.63, 3.8) is 0 Å². The van der Waals surface area contributed by atoms with E-state index >= 15 is 0 Å². The van der Waals surface area contributed by atoms with Gasteiger partial charge in [0.25, 0.3) is 0 Å². The maximum absolute atomic E-state index is 12.4. The number of ketones is 1. The van der Waals surface area contributed by atoms with Gasteiger partial charge in [-0.25, -0.2) is 4.39 Å². The Morgan fingerprint density at radius 3 is 2.85 bits per heavy atom. The van der Waals surface area contributed by atoms with Crippen molar-refractivity contribution in [2.24, 2.45) is 11.0 Å². The minimum Gasteiger partial charge on any atom is -0.491 e. The molecule has 1 aromatic carbocycles. The Bertz CT molecular complexity index is 694. The number of nitrogens with zero attached hydrogens (tertiary/aromatic N) is 3. The van der Waals surface area contributed by atoms with Crippen molar-refractivity contribution in [3.05, 3.63) is 40.3 Å². The van der Waals surface area contributed by atoms with Gasteiger partial charge in [-0.2, -0.15) is 0 Å². The second-order valence-corrected chi connectivity index (χ2v) is 6.79. The molecule has 0 aliphatic heterocycles. The van der Waals surface area contributed by atoms with Crippen LogP contribution in [0.15, 0.2) is 29.4 Å². The molecule has 0 saturated heterocycles. The van der Waals surface area contributed by atoms with Crippen molar-refractivity contribution in [3.8, 4) is 5.75 Å². The van der Waals surface area contributed by atoms with Gasteiger partial charge in [0.15, 0.2) is 0 Å². The largest absolute Gasteiger partial charge is 0.491 e. The number of Topliss-reactive ketones (excluding diaryl/α,β-unsaturated/α-hetero) is 1. The van der Waals surface area contributed by atoms with E-state index in [1.54, 1.807) is 24.3 Å². The maximum Gasteiger partial charge on any atom is 0.310 e. The zero-order chi connectivity index (χ0) is 19.4. The highest BCUT2D eigenvalue weighted by molar-refractivity contribution is 7.84. The van der Waals surface area contributed by atoms with E-state index in [4.69, 9.17) is 10.3 Å². The Kier molecular flexibility index (Phi) is 9.96. The fraction of sp³-hybridized carbons (Fsp3) is 0.500. The zero-order valence-electron chi connectivity index (χ0n) is 14.3. The van der Waals surface area contributed by atoms with Crippen molar-refractivity contribution < 1.29 is 27.7 Å². The van der Waals surface area contributed by atoms with Crippen LogP contribution in [0.2, 0.25) is 0 Å². The summed E-state index contributed by atoms with van der Waals surface area (Å²) in [6.45, 7) is -1.05. The number of alkyl halides is 1. The van der Waals surface area contributed by atoms with Crippen molar-refractivity contribution in [1.82, 2.24) is 0 Å². The number of rotatable bonds is 12. The molecule has 0 spiro atoms. The Morgan fingerprint density at radius 2 is 2.19 bits per heavy atom. The number of hydrogen-bond acceptors (Lipinski definition) is 6. The number of ether oxygens (including phenoxy) is 2. The number of halogens is 1. The summed E-state index contributed by atoms with van der Waals surface area (Å²) < 4.78 is 34.3. The number of methoxy groups -OCH3 is 1. The van der Waals surface area contributed by atoms with E-state index in [0.717, 1.165) is 0 Å². The molecule has 0 radical (unpaired) electrons. The van der Waals surface area contributed by atoms with Gasteiger partial charge in [-0.05, 0) is 23.2 Å². The van der Waals surface area contributed by atoms with Crippen LogP contribution < -0.4 is 4.74 Å². The highest BCUT2D eigenvalue weighted by Gasteiger charge is 2.24. The molecular formula is C16H20FN3O5S. The zero-order valence-corrected chi connectivity index (χ0v) is 15.1. The van der Waals surface area contributed by atoms with Gasteiger partial charge < -0.3 is 9.47 Å². The minimum absolute atomic E-state index is 0.0652. The standard InChI is InChI=1S/C16H20FN3O5S/c1-24-16(22)13(8-14(21)9-19-20-18)11-26(23)10-12-3-2-4-15(7-12)25-6-5-17/h2-4,7,13H,5-6,8-11H2,1H3/t13-,26?/m1/s1. The predicted molar refractivity (Wildman–Crippen MR) is 93.8 cm³/mol. The first-order chi connectivity index (χ1) is 12.5. The second kappa shape index (κ2) is 12.0. The monoisotopic (exact) mass is 385 g/mol. The number of carbonyl (C=O) groups is 2. The lowest BCUT2D eigenvalue weighted by molar-refractivity contribution is -0.146. The average Bonchev–Trinajstić information content (AvgIpc) is 2.63. The van der Waals surface area contributed by atoms with Crippen LogP contribution in [0.1, 0.15) is 12.0 Å².